The average Bonchev–Trinajstić information content (AvgIpc) is 3.21. The number of fused-ring (bicyclic) bond motifs is 1. The number of rotatable bonds is 6. The second-order valence-electron chi connectivity index (χ2n) is 6.32. The van der Waals surface area contributed by atoms with Gasteiger partial charge in [0, 0.05) is 20.8 Å². The van der Waals surface area contributed by atoms with Gasteiger partial charge in [0.05, 0.1) is 18.6 Å². The zero-order valence-corrected chi connectivity index (χ0v) is 16.0. The molecule has 0 amide bonds. The van der Waals surface area contributed by atoms with Crippen LogP contribution in [-0.2, 0) is 39.9 Å². The minimum absolute atomic E-state index is 0.217. The topological polar surface area (TPSA) is 152 Å². The third kappa shape index (κ3) is 4.32. The van der Waals surface area contributed by atoms with Crippen LogP contribution in [0.2, 0.25) is 0 Å². The van der Waals surface area contributed by atoms with Crippen molar-refractivity contribution in [1.82, 2.24) is 19.5 Å². The van der Waals surface area contributed by atoms with Crippen LogP contribution in [0, 0.1) is 0 Å². The van der Waals surface area contributed by atoms with Crippen molar-refractivity contribution < 1.29 is 38.4 Å². The number of hydrogen-bond acceptors (Lipinski definition) is 11. The molecule has 29 heavy (non-hydrogen) atoms. The minimum Gasteiger partial charge on any atom is -0.463 e. The average molecular weight is 408 g/mol. The first-order valence-corrected chi connectivity index (χ1v) is 8.72. The molecular formula is C17H20N4O8. The summed E-state index contributed by atoms with van der Waals surface area (Å²) in [5.41, 5.74) is 0.970. The van der Waals surface area contributed by atoms with E-state index in [4.69, 9.17) is 18.9 Å². The van der Waals surface area contributed by atoms with E-state index in [0.717, 1.165) is 0 Å². The predicted molar refractivity (Wildman–Crippen MR) is 92.9 cm³/mol. The molecule has 3 rings (SSSR count). The van der Waals surface area contributed by atoms with Crippen molar-refractivity contribution in [2.75, 3.05) is 6.61 Å². The molecule has 12 nitrogen and oxygen atoms in total. The maximum Gasteiger partial charge on any atom is 0.303 e. The minimum atomic E-state index is -1.05. The molecule has 1 fully saturated rings. The number of carbonyl (C=O) groups is 3. The molecule has 156 valence electrons. The van der Waals surface area contributed by atoms with Gasteiger partial charge in [-0.2, -0.15) is 0 Å². The Labute approximate surface area is 164 Å². The molecule has 2 aromatic rings. The lowest BCUT2D eigenvalue weighted by atomic mass is 10.1. The molecule has 1 aliphatic rings. The number of imidazole rings is 1. The number of ether oxygens (including phenoxy) is 4. The molecule has 12 heteroatoms. The molecule has 1 aliphatic heterocycles. The van der Waals surface area contributed by atoms with Crippen LogP contribution in [0.1, 0.15) is 32.7 Å². The number of carbonyl (C=O) groups excluding carboxylic acids is 3. The normalized spacial score (nSPS) is 23.7. The Balaban J connectivity index is 2.02. The van der Waals surface area contributed by atoms with E-state index in [1.807, 2.05) is 0 Å². The summed E-state index contributed by atoms with van der Waals surface area (Å²) in [5.74, 6) is -1.79. The van der Waals surface area contributed by atoms with Gasteiger partial charge in [-0.05, 0) is 0 Å². The molecule has 0 aliphatic carbocycles. The van der Waals surface area contributed by atoms with E-state index >= 15 is 0 Å². The summed E-state index contributed by atoms with van der Waals surface area (Å²) in [6.45, 7) is 3.08. The number of nitrogens with zero attached hydrogens (tertiary/aromatic N) is 4. The van der Waals surface area contributed by atoms with Crippen LogP contribution in [0.4, 0.5) is 0 Å². The number of hydrogen-bond donors (Lipinski definition) is 1. The maximum atomic E-state index is 11.7. The van der Waals surface area contributed by atoms with E-state index in [-0.39, 0.29) is 13.2 Å². The van der Waals surface area contributed by atoms with Gasteiger partial charge in [0.2, 0.25) is 0 Å². The summed E-state index contributed by atoms with van der Waals surface area (Å²) in [6.07, 6.45) is -1.32. The molecule has 0 bridgehead atoms. The van der Waals surface area contributed by atoms with Crippen LogP contribution >= 0.6 is 0 Å². The highest BCUT2D eigenvalue weighted by Crippen LogP contribution is 2.36. The largest absolute Gasteiger partial charge is 0.463 e. The predicted octanol–water partition coefficient (Wildman–Crippen LogP) is -0.358. The highest BCUT2D eigenvalue weighted by atomic mass is 16.7. The Morgan fingerprint density at radius 3 is 2.38 bits per heavy atom. The molecule has 0 spiro atoms. The molecule has 3 heterocycles. The van der Waals surface area contributed by atoms with E-state index in [1.165, 1.54) is 38.0 Å². The molecule has 0 unspecified atom stereocenters. The quantitative estimate of drug-likeness (QED) is 0.493. The number of aliphatic hydroxyl groups is 1. The van der Waals surface area contributed by atoms with Crippen LogP contribution < -0.4 is 0 Å². The fourth-order valence-electron chi connectivity index (χ4n) is 3.12. The Bertz CT molecular complexity index is 929. The number of esters is 3. The highest BCUT2D eigenvalue weighted by Gasteiger charge is 2.51. The van der Waals surface area contributed by atoms with Crippen molar-refractivity contribution in [3.63, 3.8) is 0 Å². The molecule has 0 radical (unpaired) electrons. The van der Waals surface area contributed by atoms with Crippen LogP contribution in [0.5, 0.6) is 0 Å². The molecule has 1 saturated heterocycles. The van der Waals surface area contributed by atoms with Gasteiger partial charge in [0.25, 0.3) is 0 Å². The van der Waals surface area contributed by atoms with E-state index < -0.39 is 42.4 Å². The number of aliphatic hydroxyl groups excluding tert-OH is 1. The highest BCUT2D eigenvalue weighted by molar-refractivity contribution is 5.73. The van der Waals surface area contributed by atoms with E-state index in [9.17, 15) is 19.5 Å². The van der Waals surface area contributed by atoms with Crippen molar-refractivity contribution in [2.45, 2.75) is 51.9 Å². The van der Waals surface area contributed by atoms with Gasteiger partial charge in [0.15, 0.2) is 24.1 Å². The Morgan fingerprint density at radius 2 is 1.76 bits per heavy atom. The van der Waals surface area contributed by atoms with Gasteiger partial charge in [-0.15, -0.1) is 0 Å². The molecule has 4 atom stereocenters. The molecule has 0 saturated carbocycles. The zero-order chi connectivity index (χ0) is 21.1. The standard InChI is InChI=1S/C17H20N4O8/c1-8(23)26-5-12-14(27-9(2)24)15(28-10(3)25)17(29-12)21-7-20-13-11(4-22)18-6-19-16(13)21/h6-7,12,14-15,17,22H,4-5H2,1-3H3/t12-,14-,15-,17-/m1/s1. The van der Waals surface area contributed by atoms with Crippen molar-refractivity contribution in [3.8, 4) is 0 Å². The first-order valence-electron chi connectivity index (χ1n) is 8.72. The summed E-state index contributed by atoms with van der Waals surface area (Å²) in [7, 11) is 0. The molecule has 2 aromatic heterocycles. The zero-order valence-electron chi connectivity index (χ0n) is 16.0. The maximum absolute atomic E-state index is 11.7. The van der Waals surface area contributed by atoms with Gasteiger partial charge in [-0.25, -0.2) is 15.0 Å². The van der Waals surface area contributed by atoms with Gasteiger partial charge in [-0.1, -0.05) is 0 Å². The first-order chi connectivity index (χ1) is 13.8. The van der Waals surface area contributed by atoms with Gasteiger partial charge in [0.1, 0.15) is 24.6 Å². The lowest BCUT2D eigenvalue weighted by Crippen LogP contribution is -2.40. The summed E-state index contributed by atoms with van der Waals surface area (Å²) in [5, 5.41) is 9.44. The van der Waals surface area contributed by atoms with Gasteiger partial charge in [-0.3, -0.25) is 19.0 Å². The first kappa shape index (κ1) is 20.6. The summed E-state index contributed by atoms with van der Waals surface area (Å²) < 4.78 is 23.1. The SMILES string of the molecule is CC(=O)OC[C@H]1O[C@@H](n2cnc3c(CO)ncnc32)[C@H](OC(C)=O)[C@@H]1OC(C)=O. The Hall–Kier alpha value is -3.12. The van der Waals surface area contributed by atoms with E-state index in [2.05, 4.69) is 15.0 Å². The molecular weight excluding hydrogens is 388 g/mol. The van der Waals surface area contributed by atoms with E-state index in [1.54, 1.807) is 0 Å². The summed E-state index contributed by atoms with van der Waals surface area (Å²) in [4.78, 5) is 46.8. The van der Waals surface area contributed by atoms with Crippen molar-refractivity contribution >= 4 is 29.1 Å². The third-order valence-electron chi connectivity index (χ3n) is 4.20. The van der Waals surface area contributed by atoms with Gasteiger partial charge >= 0.3 is 17.9 Å². The molecule has 1 N–H and O–H groups in total. The fourth-order valence-corrected chi connectivity index (χ4v) is 3.12. The Morgan fingerprint density at radius 1 is 1.07 bits per heavy atom. The third-order valence-corrected chi connectivity index (χ3v) is 4.20. The summed E-state index contributed by atoms with van der Waals surface area (Å²) >= 11 is 0. The van der Waals surface area contributed by atoms with Crippen LogP contribution in [0.25, 0.3) is 11.2 Å². The lowest BCUT2D eigenvalue weighted by Gasteiger charge is -2.23. The van der Waals surface area contributed by atoms with Crippen LogP contribution in [0.3, 0.4) is 0 Å². The van der Waals surface area contributed by atoms with Gasteiger partial charge < -0.3 is 24.1 Å². The van der Waals surface area contributed by atoms with E-state index in [0.29, 0.717) is 16.9 Å². The van der Waals surface area contributed by atoms with Crippen molar-refractivity contribution in [3.05, 3.63) is 18.3 Å². The van der Waals surface area contributed by atoms with Crippen molar-refractivity contribution in [1.29, 1.82) is 0 Å². The Kier molecular flexibility index (Phi) is 6.03. The lowest BCUT2D eigenvalue weighted by molar-refractivity contribution is -0.166. The fraction of sp³-hybridized carbons (Fsp3) is 0.529. The number of aromatic nitrogens is 4. The second-order valence-corrected chi connectivity index (χ2v) is 6.32. The molecule has 0 aromatic carbocycles. The van der Waals surface area contributed by atoms with Crippen LogP contribution in [0.15, 0.2) is 12.7 Å². The monoisotopic (exact) mass is 408 g/mol. The van der Waals surface area contributed by atoms with Crippen LogP contribution in [-0.4, -0.2) is 67.5 Å². The second kappa shape index (κ2) is 8.49. The van der Waals surface area contributed by atoms with Crippen molar-refractivity contribution in [2.24, 2.45) is 0 Å². The smallest absolute Gasteiger partial charge is 0.303 e. The summed E-state index contributed by atoms with van der Waals surface area (Å²) in [6, 6.07) is 0.